The van der Waals surface area contributed by atoms with Crippen LogP contribution in [0.2, 0.25) is 0 Å². The van der Waals surface area contributed by atoms with Gasteiger partial charge >= 0.3 is 5.97 Å². The number of carbonyl (C=O) groups is 2. The molecule has 0 aliphatic heterocycles. The van der Waals surface area contributed by atoms with Crippen LogP contribution < -0.4 is 17.2 Å². The highest BCUT2D eigenvalue weighted by Gasteiger charge is 2.14. The lowest BCUT2D eigenvalue weighted by atomic mass is 10.1. The fraction of sp³-hybridized carbons (Fsp3) is 0.0476. The van der Waals surface area contributed by atoms with Crippen molar-refractivity contribution in [1.29, 1.82) is 0 Å². The van der Waals surface area contributed by atoms with Gasteiger partial charge in [-0.15, -0.1) is 0 Å². The minimum Gasteiger partial charge on any atom is -0.476 e. The summed E-state index contributed by atoms with van der Waals surface area (Å²) in [4.78, 5) is 45.1. The summed E-state index contributed by atoms with van der Waals surface area (Å²) in [5, 5.41) is 8.49. The van der Waals surface area contributed by atoms with Gasteiger partial charge in [-0.2, -0.15) is 0 Å². The molecular formula is C21H19Br2N9O3. The van der Waals surface area contributed by atoms with Gasteiger partial charge in [0.05, 0.1) is 18.1 Å². The van der Waals surface area contributed by atoms with Crippen molar-refractivity contribution in [3.8, 4) is 0 Å². The van der Waals surface area contributed by atoms with Crippen LogP contribution in [0.1, 0.15) is 26.5 Å². The molecule has 4 aromatic heterocycles. The second-order valence-electron chi connectivity index (χ2n) is 6.41. The molecule has 0 unspecified atom stereocenters. The Kier molecular flexibility index (Phi) is 10.6. The number of carboxylic acid groups (broad SMARTS) is 1. The second kappa shape index (κ2) is 13.6. The first kappa shape index (κ1) is 27.2. The number of carbonyl (C=O) groups excluding carboxylic acids is 1. The third kappa shape index (κ3) is 9.38. The molecule has 0 saturated carbocycles. The van der Waals surface area contributed by atoms with Crippen molar-refractivity contribution >= 4 is 60.9 Å². The van der Waals surface area contributed by atoms with E-state index in [0.29, 0.717) is 14.9 Å². The van der Waals surface area contributed by atoms with Gasteiger partial charge in [0.2, 0.25) is 0 Å². The van der Waals surface area contributed by atoms with E-state index in [1.807, 2.05) is 6.07 Å². The maximum absolute atomic E-state index is 12.0. The summed E-state index contributed by atoms with van der Waals surface area (Å²) in [5.74, 6) is -1.30. The highest BCUT2D eigenvalue weighted by atomic mass is 79.9. The Morgan fingerprint density at radius 3 is 1.77 bits per heavy atom. The van der Waals surface area contributed by atoms with Crippen molar-refractivity contribution in [3.63, 3.8) is 0 Å². The molecule has 0 aliphatic carbocycles. The van der Waals surface area contributed by atoms with Gasteiger partial charge < -0.3 is 22.3 Å². The number of rotatable bonds is 4. The Morgan fingerprint density at radius 2 is 1.34 bits per heavy atom. The van der Waals surface area contributed by atoms with Crippen molar-refractivity contribution in [2.24, 2.45) is 0 Å². The first-order valence-corrected chi connectivity index (χ1v) is 11.1. The van der Waals surface area contributed by atoms with E-state index in [1.165, 1.54) is 12.4 Å². The van der Waals surface area contributed by atoms with Crippen molar-refractivity contribution in [2.75, 3.05) is 17.2 Å². The minimum absolute atomic E-state index is 0.0827. The highest BCUT2D eigenvalue weighted by Crippen LogP contribution is 2.13. The lowest BCUT2D eigenvalue weighted by Crippen LogP contribution is -2.11. The predicted octanol–water partition coefficient (Wildman–Crippen LogP) is 2.83. The van der Waals surface area contributed by atoms with Gasteiger partial charge in [-0.3, -0.25) is 14.8 Å². The highest BCUT2D eigenvalue weighted by molar-refractivity contribution is 9.10. The number of aromatic carboxylic acids is 1. The average molecular weight is 605 g/mol. The van der Waals surface area contributed by atoms with Crippen LogP contribution in [0.3, 0.4) is 0 Å². The minimum atomic E-state index is -1.18. The Balaban J connectivity index is 0.000000205. The monoisotopic (exact) mass is 603 g/mol. The van der Waals surface area contributed by atoms with Crippen molar-refractivity contribution in [2.45, 2.75) is 6.42 Å². The molecule has 0 fully saturated rings. The van der Waals surface area contributed by atoms with E-state index >= 15 is 0 Å². The summed E-state index contributed by atoms with van der Waals surface area (Å²) in [7, 11) is 0. The van der Waals surface area contributed by atoms with Crippen molar-refractivity contribution in [3.05, 3.63) is 87.6 Å². The zero-order valence-electron chi connectivity index (χ0n) is 17.9. The smallest absolute Gasteiger partial charge is 0.358 e. The largest absolute Gasteiger partial charge is 0.476 e. The molecule has 14 heteroatoms. The predicted molar refractivity (Wildman–Crippen MR) is 136 cm³/mol. The van der Waals surface area contributed by atoms with Crippen molar-refractivity contribution < 1.29 is 14.7 Å². The zero-order valence-corrected chi connectivity index (χ0v) is 21.1. The molecule has 0 saturated heterocycles. The van der Waals surface area contributed by atoms with Crippen LogP contribution in [-0.2, 0) is 6.42 Å². The molecule has 12 nitrogen and oxygen atoms in total. The van der Waals surface area contributed by atoms with E-state index in [4.69, 9.17) is 22.3 Å². The SMILES string of the molecule is Nc1cccnc1.Nc1ncc(Br)nc1C(=O)Cc1cccnc1.Nc1ncc(Br)nc1C(=O)O. The van der Waals surface area contributed by atoms with Crippen LogP contribution in [0.15, 0.2) is 70.7 Å². The van der Waals surface area contributed by atoms with Gasteiger partial charge in [0.15, 0.2) is 23.1 Å². The summed E-state index contributed by atoms with van der Waals surface area (Å²) in [6.07, 6.45) is 9.60. The van der Waals surface area contributed by atoms with Gasteiger partial charge in [0, 0.05) is 31.2 Å². The standard InChI is InChI=1S/C11H9BrN4O.C5H4BrN3O2.C5H6N2/c12-9-6-15-11(13)10(16-9)8(17)4-7-2-1-3-14-5-7;6-2-1-8-4(7)3(9-2)5(10)11;6-5-2-1-3-7-4-5/h1-3,5-6H,4H2,(H2,13,15);1H,(H2,7,8)(H,10,11);1-4H,6H2. The fourth-order valence-corrected chi connectivity index (χ4v) is 2.82. The fourth-order valence-electron chi connectivity index (χ4n) is 2.26. The number of Topliss-reactive ketones (excluding diaryl/α,β-unsaturated/α-hetero) is 1. The molecule has 0 amide bonds. The van der Waals surface area contributed by atoms with Gasteiger partial charge in [-0.1, -0.05) is 6.07 Å². The van der Waals surface area contributed by atoms with Crippen LogP contribution >= 0.6 is 31.9 Å². The number of nitrogen functional groups attached to an aromatic ring is 3. The van der Waals surface area contributed by atoms with Gasteiger partial charge in [0.25, 0.3) is 0 Å². The van der Waals surface area contributed by atoms with Gasteiger partial charge in [-0.05, 0) is 55.6 Å². The number of halogens is 2. The van der Waals surface area contributed by atoms with Crippen LogP contribution in [0.4, 0.5) is 17.3 Å². The molecule has 180 valence electrons. The number of carboxylic acids is 1. The van der Waals surface area contributed by atoms with Crippen LogP contribution in [-0.4, -0.2) is 46.8 Å². The number of hydrogen-bond donors (Lipinski definition) is 4. The number of ketones is 1. The van der Waals surface area contributed by atoms with Crippen LogP contribution in [0.5, 0.6) is 0 Å². The maximum atomic E-state index is 12.0. The number of nitrogens with zero attached hydrogens (tertiary/aromatic N) is 6. The summed E-state index contributed by atoms with van der Waals surface area (Å²) in [6.45, 7) is 0. The van der Waals surface area contributed by atoms with Gasteiger partial charge in [0.1, 0.15) is 14.9 Å². The average Bonchev–Trinajstić information content (AvgIpc) is 2.84. The second-order valence-corrected chi connectivity index (χ2v) is 8.03. The summed E-state index contributed by atoms with van der Waals surface area (Å²) >= 11 is 6.13. The molecule has 35 heavy (non-hydrogen) atoms. The lowest BCUT2D eigenvalue weighted by molar-refractivity contribution is 0.0691. The molecule has 4 heterocycles. The molecule has 0 atom stereocenters. The number of hydrogen-bond acceptors (Lipinski definition) is 11. The topological polar surface area (TPSA) is 210 Å². The van der Waals surface area contributed by atoms with E-state index in [0.717, 1.165) is 5.56 Å². The maximum Gasteiger partial charge on any atom is 0.358 e. The summed E-state index contributed by atoms with van der Waals surface area (Å²) in [5.41, 5.74) is 17.6. The first-order chi connectivity index (χ1) is 16.7. The lowest BCUT2D eigenvalue weighted by Gasteiger charge is -2.03. The zero-order chi connectivity index (χ0) is 25.8. The normalized spacial score (nSPS) is 9.66. The van der Waals surface area contributed by atoms with E-state index < -0.39 is 5.97 Å². The van der Waals surface area contributed by atoms with E-state index in [-0.39, 0.29) is 35.2 Å². The molecule has 4 aromatic rings. The Hall–Kier alpha value is -4.04. The molecule has 0 bridgehead atoms. The summed E-state index contributed by atoms with van der Waals surface area (Å²) < 4.78 is 0.838. The molecule has 7 N–H and O–H groups in total. The van der Waals surface area contributed by atoms with Gasteiger partial charge in [-0.25, -0.2) is 24.7 Å². The Labute approximate surface area is 216 Å². The van der Waals surface area contributed by atoms with E-state index in [2.05, 4.69) is 61.8 Å². The summed E-state index contributed by atoms with van der Waals surface area (Å²) in [6, 6.07) is 7.20. The number of aromatic nitrogens is 6. The number of anilines is 3. The van der Waals surface area contributed by atoms with E-state index in [9.17, 15) is 9.59 Å². The molecule has 0 aliphatic rings. The molecule has 0 aromatic carbocycles. The third-order valence-corrected chi connectivity index (χ3v) is 4.55. The molecular weight excluding hydrogens is 586 g/mol. The Morgan fingerprint density at radius 1 is 0.800 bits per heavy atom. The van der Waals surface area contributed by atoms with E-state index in [1.54, 1.807) is 43.0 Å². The van der Waals surface area contributed by atoms with Crippen LogP contribution in [0, 0.1) is 0 Å². The first-order valence-electron chi connectivity index (χ1n) is 9.54. The quantitative estimate of drug-likeness (QED) is 0.248. The Bertz CT molecular complexity index is 1280. The van der Waals surface area contributed by atoms with Crippen molar-refractivity contribution in [1.82, 2.24) is 29.9 Å². The third-order valence-electron chi connectivity index (χ3n) is 3.78. The van der Waals surface area contributed by atoms with Crippen LogP contribution in [0.25, 0.3) is 0 Å². The number of nitrogens with two attached hydrogens (primary N) is 3. The number of pyridine rings is 2. The molecule has 4 rings (SSSR count). The molecule has 0 spiro atoms. The molecule has 0 radical (unpaired) electrons.